The predicted octanol–water partition coefficient (Wildman–Crippen LogP) is 2.51. The molecule has 1 N–H and O–H groups in total. The Morgan fingerprint density at radius 2 is 2.00 bits per heavy atom. The lowest BCUT2D eigenvalue weighted by atomic mass is 10.0. The van der Waals surface area contributed by atoms with E-state index in [1.54, 1.807) is 6.92 Å². The van der Waals surface area contributed by atoms with Gasteiger partial charge >= 0.3 is 5.97 Å². The quantitative estimate of drug-likeness (QED) is 0.687. The van der Waals surface area contributed by atoms with Crippen LogP contribution in [0.3, 0.4) is 0 Å². The summed E-state index contributed by atoms with van der Waals surface area (Å²) >= 11 is 0. The van der Waals surface area contributed by atoms with Crippen molar-refractivity contribution in [1.82, 2.24) is 0 Å². The Labute approximate surface area is 118 Å². The van der Waals surface area contributed by atoms with Crippen molar-refractivity contribution in [2.45, 2.75) is 19.4 Å². The first-order valence-corrected chi connectivity index (χ1v) is 6.53. The molecule has 0 fully saturated rings. The first kappa shape index (κ1) is 14.1. The number of carbonyl (C=O) groups excluding carboxylic acids is 1. The van der Waals surface area contributed by atoms with Gasteiger partial charge in [-0.1, -0.05) is 48.2 Å². The number of fused-ring (bicyclic) bond motifs is 1. The zero-order valence-electron chi connectivity index (χ0n) is 11.3. The first-order valence-electron chi connectivity index (χ1n) is 6.53. The Bertz CT molecular complexity index is 659. The van der Waals surface area contributed by atoms with Crippen LogP contribution in [0.15, 0.2) is 42.5 Å². The van der Waals surface area contributed by atoms with Gasteiger partial charge in [0.05, 0.1) is 6.61 Å². The molecule has 0 aliphatic rings. The van der Waals surface area contributed by atoms with Crippen LogP contribution in [0.4, 0.5) is 0 Å². The average Bonchev–Trinajstić information content (AvgIpc) is 2.47. The van der Waals surface area contributed by atoms with Gasteiger partial charge in [0.25, 0.3) is 0 Å². The molecular weight excluding hydrogens is 252 g/mol. The van der Waals surface area contributed by atoms with E-state index in [9.17, 15) is 9.90 Å². The smallest absolute Gasteiger partial charge is 0.335 e. The van der Waals surface area contributed by atoms with Crippen molar-refractivity contribution < 1.29 is 14.6 Å². The summed E-state index contributed by atoms with van der Waals surface area (Å²) in [7, 11) is 0. The minimum atomic E-state index is -1.18. The van der Waals surface area contributed by atoms with Gasteiger partial charge in [-0.05, 0) is 23.8 Å². The minimum absolute atomic E-state index is 0.0715. The minimum Gasteiger partial charge on any atom is -0.464 e. The van der Waals surface area contributed by atoms with E-state index in [0.29, 0.717) is 0 Å². The van der Waals surface area contributed by atoms with E-state index in [4.69, 9.17) is 4.74 Å². The lowest BCUT2D eigenvalue weighted by Crippen LogP contribution is -2.22. The molecule has 2 aromatic rings. The summed E-state index contributed by atoms with van der Waals surface area (Å²) in [6, 6.07) is 13.8. The van der Waals surface area contributed by atoms with Crippen molar-refractivity contribution in [1.29, 1.82) is 0 Å². The summed E-state index contributed by atoms with van der Waals surface area (Å²) in [5.41, 5.74) is 0.888. The highest BCUT2D eigenvalue weighted by Crippen LogP contribution is 2.17. The van der Waals surface area contributed by atoms with Crippen LogP contribution >= 0.6 is 0 Å². The molecule has 0 heterocycles. The molecule has 0 aliphatic carbocycles. The molecule has 3 heteroatoms. The van der Waals surface area contributed by atoms with Crippen molar-refractivity contribution in [3.63, 3.8) is 0 Å². The van der Waals surface area contributed by atoms with Crippen LogP contribution in [0.2, 0.25) is 0 Å². The van der Waals surface area contributed by atoms with Crippen molar-refractivity contribution in [2.75, 3.05) is 6.61 Å². The number of aliphatic hydroxyl groups is 1. The number of benzene rings is 2. The molecule has 2 rings (SSSR count). The molecule has 0 aromatic heterocycles. The van der Waals surface area contributed by atoms with Crippen molar-refractivity contribution >= 4 is 16.7 Å². The van der Waals surface area contributed by atoms with Gasteiger partial charge in [-0.25, -0.2) is 4.79 Å². The van der Waals surface area contributed by atoms with E-state index in [1.165, 1.54) is 0 Å². The Morgan fingerprint density at radius 3 is 2.80 bits per heavy atom. The van der Waals surface area contributed by atoms with Crippen LogP contribution in [-0.4, -0.2) is 23.8 Å². The van der Waals surface area contributed by atoms with Gasteiger partial charge < -0.3 is 9.84 Å². The Kier molecular flexibility index (Phi) is 4.75. The fourth-order valence-corrected chi connectivity index (χ4v) is 1.90. The highest BCUT2D eigenvalue weighted by Gasteiger charge is 2.13. The molecule has 0 aliphatic heterocycles. The molecule has 1 atom stereocenters. The van der Waals surface area contributed by atoms with Crippen LogP contribution in [0.5, 0.6) is 0 Å². The number of hydrogen-bond acceptors (Lipinski definition) is 3. The Hall–Kier alpha value is -2.31. The number of ether oxygens (including phenoxy) is 1. The molecule has 3 nitrogen and oxygen atoms in total. The van der Waals surface area contributed by atoms with E-state index < -0.39 is 12.1 Å². The highest BCUT2D eigenvalue weighted by molar-refractivity contribution is 5.88. The third kappa shape index (κ3) is 3.37. The third-order valence-electron chi connectivity index (χ3n) is 2.87. The van der Waals surface area contributed by atoms with E-state index in [-0.39, 0.29) is 13.0 Å². The van der Waals surface area contributed by atoms with Gasteiger partial charge in [0.2, 0.25) is 0 Å². The van der Waals surface area contributed by atoms with Gasteiger partial charge in [-0.15, -0.1) is 0 Å². The maximum absolute atomic E-state index is 11.3. The second-order valence-electron chi connectivity index (χ2n) is 4.30. The molecule has 102 valence electrons. The van der Waals surface area contributed by atoms with Crippen LogP contribution in [0.25, 0.3) is 10.8 Å². The summed E-state index contributed by atoms with van der Waals surface area (Å²) in [5, 5.41) is 11.7. The van der Waals surface area contributed by atoms with E-state index in [1.807, 2.05) is 42.5 Å². The maximum atomic E-state index is 11.3. The zero-order valence-corrected chi connectivity index (χ0v) is 11.3. The SMILES string of the molecule is CCOC(=O)C(O)CC#Cc1cccc2ccccc12. The molecule has 0 saturated heterocycles. The molecule has 0 amide bonds. The standard InChI is InChI=1S/C17H16O3/c1-2-20-17(19)16(18)12-6-10-14-9-5-8-13-7-3-4-11-15(13)14/h3-5,7-9,11,16,18H,2,12H2,1H3. The number of carbonyl (C=O) groups is 1. The second kappa shape index (κ2) is 6.74. The van der Waals surface area contributed by atoms with Gasteiger partial charge in [0.1, 0.15) is 0 Å². The summed E-state index contributed by atoms with van der Waals surface area (Å²) < 4.78 is 4.72. The van der Waals surface area contributed by atoms with Crippen molar-refractivity contribution in [3.8, 4) is 11.8 Å². The molecule has 0 saturated carbocycles. The van der Waals surface area contributed by atoms with E-state index in [0.717, 1.165) is 16.3 Å². The van der Waals surface area contributed by atoms with Crippen molar-refractivity contribution in [3.05, 3.63) is 48.0 Å². The number of aliphatic hydroxyl groups excluding tert-OH is 1. The normalized spacial score (nSPS) is 11.5. The lowest BCUT2D eigenvalue weighted by molar-refractivity contribution is -0.152. The number of hydrogen-bond donors (Lipinski definition) is 1. The topological polar surface area (TPSA) is 46.5 Å². The average molecular weight is 268 g/mol. The molecular formula is C17H16O3. The molecule has 20 heavy (non-hydrogen) atoms. The van der Waals surface area contributed by atoms with Gasteiger partial charge in [-0.2, -0.15) is 0 Å². The molecule has 0 radical (unpaired) electrons. The fourth-order valence-electron chi connectivity index (χ4n) is 1.90. The second-order valence-corrected chi connectivity index (χ2v) is 4.30. The third-order valence-corrected chi connectivity index (χ3v) is 2.87. The predicted molar refractivity (Wildman–Crippen MR) is 78.1 cm³/mol. The fraction of sp³-hybridized carbons (Fsp3) is 0.235. The van der Waals surface area contributed by atoms with Crippen LogP contribution in [-0.2, 0) is 9.53 Å². The lowest BCUT2D eigenvalue weighted by Gasteiger charge is -2.05. The molecule has 2 aromatic carbocycles. The van der Waals surface area contributed by atoms with Crippen LogP contribution in [0.1, 0.15) is 18.9 Å². The highest BCUT2D eigenvalue weighted by atomic mass is 16.5. The van der Waals surface area contributed by atoms with Crippen LogP contribution < -0.4 is 0 Å². The van der Waals surface area contributed by atoms with Crippen LogP contribution in [0, 0.1) is 11.8 Å². The summed E-state index contributed by atoms with van der Waals surface area (Å²) in [6.07, 6.45) is -1.11. The largest absolute Gasteiger partial charge is 0.464 e. The van der Waals surface area contributed by atoms with E-state index in [2.05, 4.69) is 11.8 Å². The zero-order chi connectivity index (χ0) is 14.4. The Morgan fingerprint density at radius 1 is 1.25 bits per heavy atom. The number of esters is 1. The van der Waals surface area contributed by atoms with E-state index >= 15 is 0 Å². The monoisotopic (exact) mass is 268 g/mol. The van der Waals surface area contributed by atoms with Crippen molar-refractivity contribution in [2.24, 2.45) is 0 Å². The van der Waals surface area contributed by atoms with Gasteiger partial charge in [-0.3, -0.25) is 0 Å². The molecule has 1 unspecified atom stereocenters. The first-order chi connectivity index (χ1) is 9.72. The summed E-state index contributed by atoms with van der Waals surface area (Å²) in [5.74, 6) is 5.20. The molecule has 0 spiro atoms. The summed E-state index contributed by atoms with van der Waals surface area (Å²) in [4.78, 5) is 11.3. The Balaban J connectivity index is 2.14. The summed E-state index contributed by atoms with van der Waals surface area (Å²) in [6.45, 7) is 1.96. The molecule has 0 bridgehead atoms. The maximum Gasteiger partial charge on any atom is 0.335 e. The van der Waals surface area contributed by atoms with Gasteiger partial charge in [0, 0.05) is 12.0 Å². The van der Waals surface area contributed by atoms with Gasteiger partial charge in [0.15, 0.2) is 6.10 Å². The number of rotatable bonds is 3.